The molecule has 28 heavy (non-hydrogen) atoms. The molecule has 3 heterocycles. The minimum absolute atomic E-state index is 0.0375. The van der Waals surface area contributed by atoms with Crippen molar-refractivity contribution in [1.29, 1.82) is 0 Å². The summed E-state index contributed by atoms with van der Waals surface area (Å²) >= 11 is 0. The van der Waals surface area contributed by atoms with Crippen LogP contribution in [0.2, 0.25) is 0 Å². The Kier molecular flexibility index (Phi) is 5.61. The van der Waals surface area contributed by atoms with Gasteiger partial charge in [0.25, 0.3) is 5.85 Å². The quantitative estimate of drug-likeness (QED) is 0.154. The molecule has 3 aliphatic rings. The van der Waals surface area contributed by atoms with Gasteiger partial charge in [-0.25, -0.2) is 19.1 Å². The predicted octanol–water partition coefficient (Wildman–Crippen LogP) is -3.58. The van der Waals surface area contributed by atoms with Gasteiger partial charge in [0.1, 0.15) is 37.0 Å². The zero-order chi connectivity index (χ0) is 20.9. The average molecular weight is 445 g/mol. The molecule has 16 nitrogen and oxygen atoms in total. The van der Waals surface area contributed by atoms with Crippen LogP contribution in [0.5, 0.6) is 0 Å². The molecule has 0 spiro atoms. The van der Waals surface area contributed by atoms with Crippen molar-refractivity contribution in [2.45, 2.75) is 30.4 Å². The van der Waals surface area contributed by atoms with Crippen molar-refractivity contribution in [3.05, 3.63) is 0 Å². The second kappa shape index (κ2) is 7.28. The highest BCUT2D eigenvalue weighted by atomic mass is 31.3. The number of hydrogen-bond acceptors (Lipinski definition) is 13. The number of aliphatic hydroxyl groups is 3. The minimum atomic E-state index is -5.31. The number of aliphatic hydroxyl groups excluding tert-OH is 2. The monoisotopic (exact) mass is 445 g/mol. The van der Waals surface area contributed by atoms with Crippen LogP contribution in [0.1, 0.15) is 0 Å². The van der Waals surface area contributed by atoms with Gasteiger partial charge < -0.3 is 39.6 Å². The van der Waals surface area contributed by atoms with E-state index < -0.39 is 52.6 Å². The second-order valence-electron chi connectivity index (χ2n) is 5.92. The van der Waals surface area contributed by atoms with E-state index in [0.717, 1.165) is 6.34 Å². The SMILES string of the molecule is N[C@@]1(O)N=CN=C2C1=NCN2[C@@H]1O[C@H](COP(=O)(O)OP(=O)(O)O)[C@@H](O)[C@H]1O. The number of phosphoric ester groups is 1. The Bertz CT molecular complexity index is 825. The molecule has 0 aliphatic carbocycles. The number of nitrogens with zero attached hydrogens (tertiary/aromatic N) is 4. The third-order valence-electron chi connectivity index (χ3n) is 3.90. The van der Waals surface area contributed by atoms with Gasteiger partial charge in [-0.1, -0.05) is 0 Å². The van der Waals surface area contributed by atoms with Crippen molar-refractivity contribution in [3.8, 4) is 0 Å². The number of amidine groups is 1. The van der Waals surface area contributed by atoms with Crippen LogP contribution in [0, 0.1) is 0 Å². The van der Waals surface area contributed by atoms with Gasteiger partial charge in [-0.05, 0) is 0 Å². The fourth-order valence-electron chi connectivity index (χ4n) is 2.72. The molecule has 1 unspecified atom stereocenters. The first-order valence-electron chi connectivity index (χ1n) is 7.51. The van der Waals surface area contributed by atoms with Gasteiger partial charge in [0.15, 0.2) is 12.1 Å². The lowest BCUT2D eigenvalue weighted by atomic mass is 10.1. The van der Waals surface area contributed by atoms with Crippen LogP contribution in [-0.4, -0.2) is 96.4 Å². The van der Waals surface area contributed by atoms with Crippen molar-refractivity contribution < 1.29 is 52.7 Å². The molecule has 0 bridgehead atoms. The summed E-state index contributed by atoms with van der Waals surface area (Å²) in [4.78, 5) is 39.1. The maximum absolute atomic E-state index is 11.5. The van der Waals surface area contributed by atoms with Gasteiger partial charge in [0.2, 0.25) is 0 Å². The normalized spacial score (nSPS) is 37.5. The average Bonchev–Trinajstić information content (AvgIpc) is 3.07. The molecule has 0 amide bonds. The summed E-state index contributed by atoms with van der Waals surface area (Å²) in [6.07, 6.45) is -4.83. The van der Waals surface area contributed by atoms with E-state index in [1.54, 1.807) is 0 Å². The molecule has 1 saturated heterocycles. The maximum atomic E-state index is 11.5. The lowest BCUT2D eigenvalue weighted by Crippen LogP contribution is -2.55. The molecule has 8 N–H and O–H groups in total. The highest BCUT2D eigenvalue weighted by Gasteiger charge is 2.51. The smallest absolute Gasteiger partial charge is 0.387 e. The summed E-state index contributed by atoms with van der Waals surface area (Å²) in [5.74, 6) is -2.09. The van der Waals surface area contributed by atoms with Crippen molar-refractivity contribution in [3.63, 3.8) is 0 Å². The van der Waals surface area contributed by atoms with Crippen molar-refractivity contribution in [2.75, 3.05) is 13.3 Å². The summed E-state index contributed by atoms with van der Waals surface area (Å²) in [5.41, 5.74) is 5.48. The van der Waals surface area contributed by atoms with E-state index in [-0.39, 0.29) is 18.2 Å². The minimum Gasteiger partial charge on any atom is -0.387 e. The van der Waals surface area contributed by atoms with Crippen LogP contribution >= 0.6 is 15.6 Å². The van der Waals surface area contributed by atoms with E-state index in [2.05, 4.69) is 23.8 Å². The first kappa shape index (κ1) is 21.6. The Morgan fingerprint density at radius 3 is 2.64 bits per heavy atom. The third-order valence-corrected chi connectivity index (χ3v) is 6.06. The third kappa shape index (κ3) is 4.38. The molecular weight excluding hydrogens is 428 g/mol. The second-order valence-corrected chi connectivity index (χ2v) is 8.75. The highest BCUT2D eigenvalue weighted by molar-refractivity contribution is 7.60. The summed E-state index contributed by atoms with van der Waals surface area (Å²) in [6, 6.07) is 0. The van der Waals surface area contributed by atoms with Crippen LogP contribution in [0.15, 0.2) is 15.0 Å². The van der Waals surface area contributed by atoms with Crippen molar-refractivity contribution in [1.82, 2.24) is 4.90 Å². The highest BCUT2D eigenvalue weighted by Crippen LogP contribution is 2.57. The van der Waals surface area contributed by atoms with Crippen molar-refractivity contribution >= 4 is 33.5 Å². The standard InChI is InChI=1S/C10H17N5O11P2/c11-10(18)7-8(12-2-14-10)15(3-13-7)9-6(17)5(16)4(25-9)1-24-28(22,23)26-27(19,20)21/h2,4-6,9,16-18H,1,3,11H2,(H,22,23)(H2,19,20,21)/t4-,5-,6-,9-,10-/m1/s1. The zero-order valence-electron chi connectivity index (χ0n) is 13.8. The molecule has 3 rings (SSSR count). The number of fused-ring (bicyclic) bond motifs is 1. The van der Waals surface area contributed by atoms with Crippen LogP contribution in [0.25, 0.3) is 0 Å². The van der Waals surface area contributed by atoms with Crippen LogP contribution in [-0.2, 0) is 22.7 Å². The van der Waals surface area contributed by atoms with E-state index >= 15 is 0 Å². The summed E-state index contributed by atoms with van der Waals surface area (Å²) in [5, 5.41) is 30.3. The van der Waals surface area contributed by atoms with Gasteiger partial charge >= 0.3 is 15.6 Å². The lowest BCUT2D eigenvalue weighted by Gasteiger charge is -2.30. The fraction of sp³-hybridized carbons (Fsp3) is 0.700. The maximum Gasteiger partial charge on any atom is 0.481 e. The number of ether oxygens (including phenoxy) is 1. The van der Waals surface area contributed by atoms with Gasteiger partial charge in [-0.3, -0.25) is 15.2 Å². The molecule has 0 aromatic heterocycles. The van der Waals surface area contributed by atoms with Gasteiger partial charge in [0, 0.05) is 0 Å². The van der Waals surface area contributed by atoms with E-state index in [1.165, 1.54) is 4.90 Å². The molecular formula is C10H17N5O11P2. The Morgan fingerprint density at radius 2 is 2.00 bits per heavy atom. The van der Waals surface area contributed by atoms with E-state index in [4.69, 9.17) is 20.3 Å². The van der Waals surface area contributed by atoms with E-state index in [0.29, 0.717) is 0 Å². The van der Waals surface area contributed by atoms with Crippen LogP contribution < -0.4 is 5.73 Å². The number of aliphatic imine (C=N–C) groups is 3. The van der Waals surface area contributed by atoms with Crippen LogP contribution in [0.3, 0.4) is 0 Å². The molecule has 158 valence electrons. The summed E-state index contributed by atoms with van der Waals surface area (Å²) in [6.45, 7) is -1.00. The van der Waals surface area contributed by atoms with E-state index in [9.17, 15) is 29.3 Å². The van der Waals surface area contributed by atoms with E-state index in [1.807, 2.05) is 0 Å². The molecule has 0 aromatic rings. The first-order valence-corrected chi connectivity index (χ1v) is 10.5. The molecule has 6 atom stereocenters. The molecule has 0 radical (unpaired) electrons. The Hall–Kier alpha value is -1.13. The van der Waals surface area contributed by atoms with Gasteiger partial charge in [0.05, 0.1) is 6.61 Å². The lowest BCUT2D eigenvalue weighted by molar-refractivity contribution is -0.0681. The number of phosphoric acid groups is 2. The Labute approximate surface area is 156 Å². The molecule has 0 aromatic carbocycles. The number of hydrogen-bond donors (Lipinski definition) is 7. The largest absolute Gasteiger partial charge is 0.481 e. The number of rotatable bonds is 6. The van der Waals surface area contributed by atoms with Gasteiger partial charge in [-0.15, -0.1) is 0 Å². The predicted molar refractivity (Wildman–Crippen MR) is 88.8 cm³/mol. The molecule has 18 heteroatoms. The zero-order valence-corrected chi connectivity index (χ0v) is 15.6. The molecule has 3 aliphatic heterocycles. The van der Waals surface area contributed by atoms with Gasteiger partial charge in [-0.2, -0.15) is 4.31 Å². The summed E-state index contributed by atoms with van der Waals surface area (Å²) < 4.78 is 35.6. The van der Waals surface area contributed by atoms with Crippen molar-refractivity contribution in [2.24, 2.45) is 20.7 Å². The Morgan fingerprint density at radius 1 is 1.32 bits per heavy atom. The fourth-order valence-corrected chi connectivity index (χ4v) is 4.32. The molecule has 0 saturated carbocycles. The molecule has 1 fully saturated rings. The summed E-state index contributed by atoms with van der Waals surface area (Å²) in [7, 11) is -10.5. The Balaban J connectivity index is 1.67. The first-order chi connectivity index (χ1) is 12.8. The number of nitrogens with two attached hydrogens (primary N) is 1. The topological polar surface area (TPSA) is 250 Å². The van der Waals surface area contributed by atoms with Crippen LogP contribution in [0.4, 0.5) is 0 Å².